The number of allylic oxidation sites excluding steroid dienone is 1. The van der Waals surface area contributed by atoms with Crippen molar-refractivity contribution in [3.8, 4) is 11.5 Å². The first-order valence-corrected chi connectivity index (χ1v) is 11.4. The number of hydrogen-bond donors (Lipinski definition) is 1. The lowest BCUT2D eigenvalue weighted by molar-refractivity contribution is -0.119. The van der Waals surface area contributed by atoms with Crippen LogP contribution in [0.2, 0.25) is 10.0 Å². The van der Waals surface area contributed by atoms with Crippen LogP contribution in [-0.2, 0) is 16.1 Å². The number of carbonyl (C=O) groups is 2. The highest BCUT2D eigenvalue weighted by molar-refractivity contribution is 6.35. The molecule has 1 aliphatic rings. The number of ether oxygens (including phenoxy) is 2. The summed E-state index contributed by atoms with van der Waals surface area (Å²) in [6, 6.07) is 8.23. The Balaban J connectivity index is 1.88. The molecule has 170 valence electrons. The van der Waals surface area contributed by atoms with Gasteiger partial charge in [-0.25, -0.2) is 4.79 Å². The number of phenols is 1. The van der Waals surface area contributed by atoms with Gasteiger partial charge in [0.15, 0.2) is 0 Å². The largest absolute Gasteiger partial charge is 0.507 e. The van der Waals surface area contributed by atoms with Crippen molar-refractivity contribution in [3.63, 3.8) is 0 Å². The average Bonchev–Trinajstić information content (AvgIpc) is 2.72. The predicted octanol–water partition coefficient (Wildman–Crippen LogP) is 6.76. The van der Waals surface area contributed by atoms with Crippen LogP contribution in [0.3, 0.4) is 0 Å². The van der Waals surface area contributed by atoms with Crippen molar-refractivity contribution >= 4 is 41.0 Å². The predicted molar refractivity (Wildman–Crippen MR) is 126 cm³/mol. The summed E-state index contributed by atoms with van der Waals surface area (Å²) in [6.45, 7) is 1.88. The summed E-state index contributed by atoms with van der Waals surface area (Å²) < 4.78 is 11.3. The molecule has 32 heavy (non-hydrogen) atoms. The number of halogens is 2. The smallest absolute Gasteiger partial charge is 0.342 e. The minimum Gasteiger partial charge on any atom is -0.507 e. The minimum atomic E-state index is -0.612. The number of Topliss-reactive ketones (excluding diaryl/α,β-unsaturated/α-hetero) is 1. The van der Waals surface area contributed by atoms with E-state index in [0.717, 1.165) is 6.42 Å². The molecule has 7 heteroatoms. The Hall–Kier alpha value is -2.50. The molecular weight excluding hydrogens is 451 g/mol. The molecule has 1 aliphatic heterocycles. The number of rotatable bonds is 3. The van der Waals surface area contributed by atoms with E-state index in [-0.39, 0.29) is 29.8 Å². The van der Waals surface area contributed by atoms with Crippen LogP contribution in [0.25, 0.3) is 6.08 Å². The lowest BCUT2D eigenvalue weighted by Gasteiger charge is -2.17. The zero-order chi connectivity index (χ0) is 23.1. The first-order valence-electron chi connectivity index (χ1n) is 10.7. The topological polar surface area (TPSA) is 72.8 Å². The Labute approximate surface area is 197 Å². The molecule has 0 saturated carbocycles. The van der Waals surface area contributed by atoms with E-state index < -0.39 is 5.97 Å². The zero-order valence-electron chi connectivity index (χ0n) is 17.9. The van der Waals surface area contributed by atoms with Crippen LogP contribution in [0.4, 0.5) is 0 Å². The van der Waals surface area contributed by atoms with E-state index in [1.807, 2.05) is 6.08 Å². The molecule has 0 amide bonds. The van der Waals surface area contributed by atoms with E-state index in [0.29, 0.717) is 59.0 Å². The van der Waals surface area contributed by atoms with Gasteiger partial charge in [0.05, 0.1) is 6.10 Å². The Morgan fingerprint density at radius 3 is 2.59 bits per heavy atom. The normalized spacial score (nSPS) is 18.9. The third-order valence-electron chi connectivity index (χ3n) is 5.27. The van der Waals surface area contributed by atoms with Crippen molar-refractivity contribution in [1.82, 2.24) is 0 Å². The van der Waals surface area contributed by atoms with E-state index in [1.54, 1.807) is 37.3 Å². The average molecular weight is 477 g/mol. The third-order valence-corrected chi connectivity index (χ3v) is 5.98. The molecule has 2 aromatic rings. The fraction of sp³-hybridized carbons (Fsp3) is 0.360. The van der Waals surface area contributed by atoms with Gasteiger partial charge in [-0.1, -0.05) is 41.4 Å². The van der Waals surface area contributed by atoms with Crippen LogP contribution in [0.1, 0.15) is 66.9 Å². The van der Waals surface area contributed by atoms with Crippen LogP contribution >= 0.6 is 23.2 Å². The Bertz CT molecular complexity index is 995. The maximum absolute atomic E-state index is 12.8. The maximum atomic E-state index is 12.8. The molecule has 0 saturated heterocycles. The number of ketones is 1. The summed E-state index contributed by atoms with van der Waals surface area (Å²) in [5.41, 5.74) is 1.19. The van der Waals surface area contributed by atoms with Gasteiger partial charge in [-0.05, 0) is 56.4 Å². The summed E-state index contributed by atoms with van der Waals surface area (Å²) in [5, 5.41) is 11.6. The Kier molecular flexibility index (Phi) is 8.60. The standard InChI is InChI=1S/C25H26Cl2O5/c1-16-7-5-10-18(28)9-4-2-3-8-17-13-19(14-23(29)24(17)25(30)32-16)31-15-20-21(26)11-6-12-22(20)27/h3,6,8,11-14,16,29H,2,4-5,7,9-10,15H2,1H3/b8-3+/t16-/m1/s1. The lowest BCUT2D eigenvalue weighted by Crippen LogP contribution is -2.17. The van der Waals surface area contributed by atoms with Crippen molar-refractivity contribution in [1.29, 1.82) is 0 Å². The van der Waals surface area contributed by atoms with Gasteiger partial charge in [0.25, 0.3) is 0 Å². The van der Waals surface area contributed by atoms with Gasteiger partial charge in [0.1, 0.15) is 29.5 Å². The minimum absolute atomic E-state index is 0.0874. The fourth-order valence-electron chi connectivity index (χ4n) is 3.52. The SMILES string of the molecule is C[C@@H]1CCCC(=O)CCC/C=C/c2cc(OCc3c(Cl)cccc3Cl)cc(O)c2C(=O)O1. The summed E-state index contributed by atoms with van der Waals surface area (Å²) in [6.07, 6.45) is 6.93. The van der Waals surface area contributed by atoms with Gasteiger partial charge < -0.3 is 14.6 Å². The molecule has 0 spiro atoms. The Morgan fingerprint density at radius 2 is 1.84 bits per heavy atom. The van der Waals surface area contributed by atoms with E-state index >= 15 is 0 Å². The number of carbonyl (C=O) groups excluding carboxylic acids is 2. The quantitative estimate of drug-likeness (QED) is 0.495. The number of benzene rings is 2. The van der Waals surface area contributed by atoms with Crippen LogP contribution in [-0.4, -0.2) is 23.0 Å². The molecule has 0 fully saturated rings. The summed E-state index contributed by atoms with van der Waals surface area (Å²) in [4.78, 5) is 24.7. The van der Waals surface area contributed by atoms with Gasteiger partial charge in [-0.2, -0.15) is 0 Å². The molecule has 0 aromatic heterocycles. The van der Waals surface area contributed by atoms with Crippen molar-refractivity contribution in [2.24, 2.45) is 0 Å². The summed E-state index contributed by atoms with van der Waals surface area (Å²) >= 11 is 12.4. The summed E-state index contributed by atoms with van der Waals surface area (Å²) in [5.74, 6) is -0.259. The van der Waals surface area contributed by atoms with E-state index in [9.17, 15) is 14.7 Å². The highest BCUT2D eigenvalue weighted by Crippen LogP contribution is 2.32. The summed E-state index contributed by atoms with van der Waals surface area (Å²) in [7, 11) is 0. The van der Waals surface area contributed by atoms with Crippen LogP contribution in [0, 0.1) is 0 Å². The van der Waals surface area contributed by atoms with Crippen molar-refractivity contribution < 1.29 is 24.2 Å². The number of aromatic hydroxyl groups is 1. The first-order chi connectivity index (χ1) is 15.3. The second-order valence-corrected chi connectivity index (χ2v) is 8.65. The highest BCUT2D eigenvalue weighted by atomic mass is 35.5. The number of hydrogen-bond acceptors (Lipinski definition) is 5. The molecular formula is C25H26Cl2O5. The van der Waals surface area contributed by atoms with Gasteiger partial charge in [0.2, 0.25) is 0 Å². The molecule has 3 rings (SSSR count). The van der Waals surface area contributed by atoms with Gasteiger partial charge in [-0.3, -0.25) is 4.79 Å². The van der Waals surface area contributed by atoms with E-state index in [1.165, 1.54) is 6.07 Å². The molecule has 1 heterocycles. The van der Waals surface area contributed by atoms with Crippen LogP contribution in [0.15, 0.2) is 36.4 Å². The Morgan fingerprint density at radius 1 is 1.12 bits per heavy atom. The molecule has 0 bridgehead atoms. The molecule has 2 aromatic carbocycles. The van der Waals surface area contributed by atoms with Crippen molar-refractivity contribution in [3.05, 3.63) is 63.1 Å². The number of fused-ring (bicyclic) bond motifs is 1. The monoisotopic (exact) mass is 476 g/mol. The van der Waals surface area contributed by atoms with Gasteiger partial charge in [0, 0.05) is 34.5 Å². The second kappa shape index (κ2) is 11.4. The van der Waals surface area contributed by atoms with Crippen molar-refractivity contribution in [2.45, 2.75) is 58.2 Å². The molecule has 1 N–H and O–H groups in total. The number of esters is 1. The van der Waals surface area contributed by atoms with Crippen molar-refractivity contribution in [2.75, 3.05) is 0 Å². The van der Waals surface area contributed by atoms with E-state index in [2.05, 4.69) is 0 Å². The molecule has 0 radical (unpaired) electrons. The van der Waals surface area contributed by atoms with E-state index in [4.69, 9.17) is 32.7 Å². The maximum Gasteiger partial charge on any atom is 0.342 e. The zero-order valence-corrected chi connectivity index (χ0v) is 19.4. The number of phenolic OH excluding ortho intramolecular Hbond substituents is 1. The molecule has 1 atom stereocenters. The van der Waals surface area contributed by atoms with Gasteiger partial charge in [-0.15, -0.1) is 0 Å². The molecule has 5 nitrogen and oxygen atoms in total. The van der Waals surface area contributed by atoms with Gasteiger partial charge >= 0.3 is 5.97 Å². The van der Waals surface area contributed by atoms with Crippen LogP contribution in [0.5, 0.6) is 11.5 Å². The first kappa shape index (κ1) is 24.1. The van der Waals surface area contributed by atoms with Crippen LogP contribution < -0.4 is 4.74 Å². The number of cyclic esters (lactones) is 1. The highest BCUT2D eigenvalue weighted by Gasteiger charge is 2.21. The molecule has 0 aliphatic carbocycles. The second-order valence-electron chi connectivity index (χ2n) is 7.84. The third kappa shape index (κ3) is 6.50. The lowest BCUT2D eigenvalue weighted by atomic mass is 10.0. The molecule has 0 unspecified atom stereocenters. The fourth-order valence-corrected chi connectivity index (χ4v) is 4.03.